The number of hydrogen-bond acceptors (Lipinski definition) is 6. The number of methoxy groups -OCH3 is 1. The van der Waals surface area contributed by atoms with Gasteiger partial charge in [0.25, 0.3) is 0 Å². The Bertz CT molecular complexity index is 898. The number of fused-ring (bicyclic) bond motifs is 1. The standard InChI is InChI=1S/C16H12N2O4/c1-21-11-8-6-10(7-9-11)17-18-14-15(19)12-4-2-3-5-13(12)22-16(14)20/h2-9,19H,1H3. The first kappa shape index (κ1) is 13.8. The van der Waals surface area contributed by atoms with Gasteiger partial charge in [0, 0.05) is 0 Å². The molecule has 0 aliphatic heterocycles. The van der Waals surface area contributed by atoms with E-state index in [-0.39, 0.29) is 11.4 Å². The molecule has 22 heavy (non-hydrogen) atoms. The van der Waals surface area contributed by atoms with Crippen LogP contribution in [-0.4, -0.2) is 12.2 Å². The number of benzene rings is 2. The monoisotopic (exact) mass is 296 g/mol. The molecule has 0 fully saturated rings. The first-order valence-corrected chi connectivity index (χ1v) is 6.49. The molecule has 0 amide bonds. The summed E-state index contributed by atoms with van der Waals surface area (Å²) >= 11 is 0. The minimum Gasteiger partial charge on any atom is -0.505 e. The molecule has 0 atom stereocenters. The van der Waals surface area contributed by atoms with Crippen LogP contribution in [0.2, 0.25) is 0 Å². The van der Waals surface area contributed by atoms with E-state index in [0.717, 1.165) is 0 Å². The maximum atomic E-state index is 11.9. The normalized spacial score (nSPS) is 11.1. The number of hydrogen-bond donors (Lipinski definition) is 1. The Labute approximate surface area is 125 Å². The highest BCUT2D eigenvalue weighted by Gasteiger charge is 2.13. The van der Waals surface area contributed by atoms with Crippen molar-refractivity contribution >= 4 is 22.3 Å². The summed E-state index contributed by atoms with van der Waals surface area (Å²) in [6.07, 6.45) is 0. The van der Waals surface area contributed by atoms with E-state index in [1.807, 2.05) is 0 Å². The molecule has 3 rings (SSSR count). The molecule has 0 unspecified atom stereocenters. The maximum absolute atomic E-state index is 11.9. The van der Waals surface area contributed by atoms with Crippen LogP contribution in [0.15, 0.2) is 68.0 Å². The summed E-state index contributed by atoms with van der Waals surface area (Å²) in [5.74, 6) is 0.441. The maximum Gasteiger partial charge on any atom is 0.368 e. The predicted octanol–water partition coefficient (Wildman–Crippen LogP) is 3.92. The fourth-order valence-electron chi connectivity index (χ4n) is 1.97. The Morgan fingerprint density at radius 1 is 1.05 bits per heavy atom. The predicted molar refractivity (Wildman–Crippen MR) is 81.3 cm³/mol. The van der Waals surface area contributed by atoms with Crippen LogP contribution < -0.4 is 10.4 Å². The van der Waals surface area contributed by atoms with Crippen LogP contribution in [0.3, 0.4) is 0 Å². The van der Waals surface area contributed by atoms with Crippen molar-refractivity contribution in [2.24, 2.45) is 10.2 Å². The lowest BCUT2D eigenvalue weighted by Gasteiger charge is -2.01. The van der Waals surface area contributed by atoms with Crippen molar-refractivity contribution in [3.63, 3.8) is 0 Å². The molecule has 0 saturated heterocycles. The molecule has 0 bridgehead atoms. The number of azo groups is 1. The molecular weight excluding hydrogens is 284 g/mol. The van der Waals surface area contributed by atoms with E-state index in [2.05, 4.69) is 10.2 Å². The summed E-state index contributed by atoms with van der Waals surface area (Å²) < 4.78 is 10.2. The molecule has 6 heteroatoms. The van der Waals surface area contributed by atoms with E-state index < -0.39 is 5.63 Å². The van der Waals surface area contributed by atoms with E-state index >= 15 is 0 Å². The molecule has 3 aromatic rings. The average Bonchev–Trinajstić information content (AvgIpc) is 2.55. The van der Waals surface area contributed by atoms with Crippen molar-refractivity contribution in [2.45, 2.75) is 0 Å². The molecular formula is C16H12N2O4. The minimum atomic E-state index is -0.742. The lowest BCUT2D eigenvalue weighted by molar-refractivity contribution is 0.415. The van der Waals surface area contributed by atoms with Gasteiger partial charge in [-0.1, -0.05) is 12.1 Å². The minimum absolute atomic E-state index is 0.227. The molecule has 6 nitrogen and oxygen atoms in total. The van der Waals surface area contributed by atoms with Crippen LogP contribution in [0.4, 0.5) is 11.4 Å². The second-order valence-electron chi connectivity index (χ2n) is 4.48. The van der Waals surface area contributed by atoms with Crippen molar-refractivity contribution in [3.05, 3.63) is 59.0 Å². The Kier molecular flexibility index (Phi) is 3.57. The third kappa shape index (κ3) is 2.54. The molecule has 0 saturated carbocycles. The fraction of sp³-hybridized carbons (Fsp3) is 0.0625. The first-order chi connectivity index (χ1) is 10.7. The third-order valence-electron chi connectivity index (χ3n) is 3.10. The molecule has 110 valence electrons. The number of aromatic hydroxyl groups is 1. The van der Waals surface area contributed by atoms with Crippen molar-refractivity contribution in [2.75, 3.05) is 7.11 Å². The van der Waals surface area contributed by atoms with Gasteiger partial charge < -0.3 is 14.3 Å². The van der Waals surface area contributed by atoms with E-state index in [1.54, 1.807) is 55.6 Å². The van der Waals surface area contributed by atoms with Crippen molar-refractivity contribution < 1.29 is 14.3 Å². The zero-order valence-electron chi connectivity index (χ0n) is 11.7. The SMILES string of the molecule is COc1ccc(N=Nc2c(O)c3ccccc3oc2=O)cc1. The molecule has 0 spiro atoms. The van der Waals surface area contributed by atoms with E-state index in [1.165, 1.54) is 0 Å². The highest BCUT2D eigenvalue weighted by atomic mass is 16.5. The average molecular weight is 296 g/mol. The number of para-hydroxylation sites is 1. The highest BCUT2D eigenvalue weighted by Crippen LogP contribution is 2.32. The van der Waals surface area contributed by atoms with Crippen LogP contribution in [0.5, 0.6) is 11.5 Å². The highest BCUT2D eigenvalue weighted by molar-refractivity contribution is 5.87. The largest absolute Gasteiger partial charge is 0.505 e. The number of nitrogens with zero attached hydrogens (tertiary/aromatic N) is 2. The second kappa shape index (κ2) is 5.69. The molecule has 0 aliphatic rings. The lowest BCUT2D eigenvalue weighted by Crippen LogP contribution is -1.98. The summed E-state index contributed by atoms with van der Waals surface area (Å²) in [5.41, 5.74) is -0.149. The number of rotatable bonds is 3. The van der Waals surface area contributed by atoms with Crippen molar-refractivity contribution in [1.82, 2.24) is 0 Å². The van der Waals surface area contributed by atoms with Crippen LogP contribution in [0, 0.1) is 0 Å². The van der Waals surface area contributed by atoms with Gasteiger partial charge in [0.15, 0.2) is 5.75 Å². The van der Waals surface area contributed by atoms with Gasteiger partial charge >= 0.3 is 5.63 Å². The summed E-state index contributed by atoms with van der Waals surface area (Å²) in [6, 6.07) is 13.5. The van der Waals surface area contributed by atoms with Crippen molar-refractivity contribution in [3.8, 4) is 11.5 Å². The van der Waals surface area contributed by atoms with Gasteiger partial charge in [0.05, 0.1) is 18.2 Å². The smallest absolute Gasteiger partial charge is 0.368 e. The van der Waals surface area contributed by atoms with E-state index in [9.17, 15) is 9.90 Å². The Morgan fingerprint density at radius 3 is 2.50 bits per heavy atom. The summed E-state index contributed by atoms with van der Waals surface area (Å²) in [6.45, 7) is 0. The van der Waals surface area contributed by atoms with Crippen LogP contribution in [0.1, 0.15) is 0 Å². The molecule has 2 aromatic carbocycles. The van der Waals surface area contributed by atoms with Gasteiger partial charge in [-0.2, -0.15) is 5.11 Å². The summed E-state index contributed by atoms with van der Waals surface area (Å²) in [5, 5.41) is 18.3. The number of ether oxygens (including phenoxy) is 1. The van der Waals surface area contributed by atoms with E-state index in [0.29, 0.717) is 22.4 Å². The van der Waals surface area contributed by atoms with Crippen LogP contribution >= 0.6 is 0 Å². The van der Waals surface area contributed by atoms with E-state index in [4.69, 9.17) is 9.15 Å². The Balaban J connectivity index is 2.02. The molecule has 1 N–H and O–H groups in total. The molecule has 0 radical (unpaired) electrons. The summed E-state index contributed by atoms with van der Waals surface area (Å²) in [4.78, 5) is 11.9. The van der Waals surface area contributed by atoms with Crippen molar-refractivity contribution in [1.29, 1.82) is 0 Å². The summed E-state index contributed by atoms with van der Waals surface area (Å²) in [7, 11) is 1.56. The fourth-order valence-corrected chi connectivity index (χ4v) is 1.97. The molecule has 1 aromatic heterocycles. The quantitative estimate of drug-likeness (QED) is 0.586. The topological polar surface area (TPSA) is 84.4 Å². The van der Waals surface area contributed by atoms with Gasteiger partial charge in [0.1, 0.15) is 11.3 Å². The zero-order valence-corrected chi connectivity index (χ0v) is 11.7. The molecule has 0 aliphatic carbocycles. The first-order valence-electron chi connectivity index (χ1n) is 6.49. The van der Waals surface area contributed by atoms with Crippen LogP contribution in [0.25, 0.3) is 11.0 Å². The third-order valence-corrected chi connectivity index (χ3v) is 3.10. The van der Waals surface area contributed by atoms with Gasteiger partial charge in [-0.15, -0.1) is 5.11 Å². The van der Waals surface area contributed by atoms with Gasteiger partial charge in [0.2, 0.25) is 5.69 Å². The Morgan fingerprint density at radius 2 is 1.77 bits per heavy atom. The van der Waals surface area contributed by atoms with Gasteiger partial charge in [-0.3, -0.25) is 0 Å². The molecule has 1 heterocycles. The second-order valence-corrected chi connectivity index (χ2v) is 4.48. The lowest BCUT2D eigenvalue weighted by atomic mass is 10.2. The Hall–Kier alpha value is -3.15. The van der Waals surface area contributed by atoms with Gasteiger partial charge in [-0.25, -0.2) is 4.79 Å². The van der Waals surface area contributed by atoms with Gasteiger partial charge in [-0.05, 0) is 36.4 Å². The van der Waals surface area contributed by atoms with Crippen LogP contribution in [-0.2, 0) is 0 Å². The zero-order chi connectivity index (χ0) is 15.5.